The third-order valence-electron chi connectivity index (χ3n) is 4.97. The molecule has 1 aliphatic rings. The van der Waals surface area contributed by atoms with Crippen LogP contribution in [0.15, 0.2) is 33.8 Å². The molecule has 1 N–H and O–H groups in total. The Kier molecular flexibility index (Phi) is 5.12. The topological polar surface area (TPSA) is 127 Å². The Labute approximate surface area is 174 Å². The van der Waals surface area contributed by atoms with E-state index in [0.29, 0.717) is 41.7 Å². The third-order valence-corrected chi connectivity index (χ3v) is 5.74. The molecule has 4 heterocycles. The Morgan fingerprint density at radius 1 is 1.37 bits per heavy atom. The summed E-state index contributed by atoms with van der Waals surface area (Å²) in [7, 11) is 0. The third kappa shape index (κ3) is 3.36. The van der Waals surface area contributed by atoms with E-state index in [1.807, 2.05) is 4.90 Å². The fourth-order valence-electron chi connectivity index (χ4n) is 3.41. The van der Waals surface area contributed by atoms with Gasteiger partial charge in [0.25, 0.3) is 0 Å². The van der Waals surface area contributed by atoms with E-state index in [-0.39, 0.29) is 22.9 Å². The molecule has 0 aliphatic carbocycles. The number of nitrogens with zero attached hydrogens (tertiary/aromatic N) is 5. The van der Waals surface area contributed by atoms with Crippen molar-refractivity contribution in [3.63, 3.8) is 0 Å². The minimum absolute atomic E-state index is 0.000827. The Hall–Kier alpha value is -3.47. The van der Waals surface area contributed by atoms with Crippen LogP contribution in [0.25, 0.3) is 16.2 Å². The molecule has 1 aliphatic heterocycles. The predicted molar refractivity (Wildman–Crippen MR) is 112 cm³/mol. The summed E-state index contributed by atoms with van der Waals surface area (Å²) in [4.78, 5) is 58.1. The Morgan fingerprint density at radius 3 is 2.77 bits per heavy atom. The van der Waals surface area contributed by atoms with Crippen molar-refractivity contribution in [2.45, 2.75) is 26.3 Å². The van der Waals surface area contributed by atoms with E-state index in [2.05, 4.69) is 20.5 Å². The second kappa shape index (κ2) is 7.75. The summed E-state index contributed by atoms with van der Waals surface area (Å²) >= 11 is 1.30. The van der Waals surface area contributed by atoms with E-state index in [4.69, 9.17) is 0 Å². The second-order valence-corrected chi connectivity index (χ2v) is 7.84. The molecule has 1 saturated heterocycles. The standard InChI is InChI=1S/C19H18N6O4S/c1-3-14(26)21-11-7-24(8-11)13-6-10(2)15-16(27)12(18(28)23-29)9-25(17(15)22-13)19-20-4-5-30-19/h4-6,9,11H,3,7-8H2,1-2H3,(H,21,26). The monoisotopic (exact) mass is 426 g/mol. The van der Waals surface area contributed by atoms with E-state index in [9.17, 15) is 19.3 Å². The van der Waals surface area contributed by atoms with Crippen LogP contribution in [0.4, 0.5) is 5.82 Å². The van der Waals surface area contributed by atoms with Crippen LogP contribution in [-0.2, 0) is 4.79 Å². The number of anilines is 1. The molecule has 4 rings (SSSR count). The first-order valence-corrected chi connectivity index (χ1v) is 10.2. The Bertz CT molecular complexity index is 1210. The lowest BCUT2D eigenvalue weighted by Crippen LogP contribution is -2.59. The molecule has 30 heavy (non-hydrogen) atoms. The first kappa shape index (κ1) is 19.8. The highest BCUT2D eigenvalue weighted by Crippen LogP contribution is 2.26. The van der Waals surface area contributed by atoms with Crippen molar-refractivity contribution in [3.05, 3.63) is 50.1 Å². The summed E-state index contributed by atoms with van der Waals surface area (Å²) in [5, 5.41) is 7.83. The molecular weight excluding hydrogens is 408 g/mol. The lowest BCUT2D eigenvalue weighted by Gasteiger charge is -2.40. The number of fused-ring (bicyclic) bond motifs is 1. The van der Waals surface area contributed by atoms with Crippen molar-refractivity contribution in [1.82, 2.24) is 19.9 Å². The lowest BCUT2D eigenvalue weighted by molar-refractivity contribution is -0.121. The average Bonchev–Trinajstić information content (AvgIpc) is 3.24. The molecule has 2 amide bonds. The number of thiazole rings is 1. The number of hydrogen-bond acceptors (Lipinski definition) is 8. The SMILES string of the molecule is CCC(=O)NC1CN(c2cc(C)c3c(=O)c(C(=O)N=O)cn(-c4nccs4)c3n2)C1. The van der Waals surface area contributed by atoms with Gasteiger partial charge in [0.15, 0.2) is 10.8 Å². The van der Waals surface area contributed by atoms with Gasteiger partial charge in [0, 0.05) is 42.5 Å². The van der Waals surface area contributed by atoms with Gasteiger partial charge in [-0.1, -0.05) is 6.92 Å². The molecule has 0 unspecified atom stereocenters. The van der Waals surface area contributed by atoms with Gasteiger partial charge in [0.05, 0.1) is 11.4 Å². The van der Waals surface area contributed by atoms with Crippen LogP contribution < -0.4 is 15.6 Å². The number of nitrogens with one attached hydrogen (secondary N) is 1. The van der Waals surface area contributed by atoms with Crippen LogP contribution in [0.2, 0.25) is 0 Å². The smallest absolute Gasteiger partial charge is 0.322 e. The van der Waals surface area contributed by atoms with Crippen molar-refractivity contribution >= 4 is 40.0 Å². The van der Waals surface area contributed by atoms with Gasteiger partial charge >= 0.3 is 5.91 Å². The van der Waals surface area contributed by atoms with Crippen LogP contribution in [0, 0.1) is 11.8 Å². The largest absolute Gasteiger partial charge is 0.352 e. The summed E-state index contributed by atoms with van der Waals surface area (Å²) in [6.45, 7) is 4.77. The van der Waals surface area contributed by atoms with E-state index in [1.54, 1.807) is 31.5 Å². The number of aryl methyl sites for hydroxylation is 1. The zero-order valence-electron chi connectivity index (χ0n) is 16.3. The van der Waals surface area contributed by atoms with Crippen molar-refractivity contribution in [2.75, 3.05) is 18.0 Å². The van der Waals surface area contributed by atoms with Gasteiger partial charge in [0.1, 0.15) is 11.4 Å². The normalized spacial score (nSPS) is 13.9. The first-order chi connectivity index (χ1) is 14.4. The van der Waals surface area contributed by atoms with Gasteiger partial charge in [-0.05, 0) is 18.6 Å². The lowest BCUT2D eigenvalue weighted by atomic mass is 10.1. The number of aromatic nitrogens is 3. The minimum atomic E-state index is -1.13. The Morgan fingerprint density at radius 2 is 2.13 bits per heavy atom. The molecule has 0 atom stereocenters. The van der Waals surface area contributed by atoms with Gasteiger partial charge in [-0.15, -0.1) is 16.2 Å². The molecule has 0 spiro atoms. The van der Waals surface area contributed by atoms with Crippen LogP contribution in [-0.4, -0.2) is 45.5 Å². The zero-order valence-corrected chi connectivity index (χ0v) is 17.1. The zero-order chi connectivity index (χ0) is 21.4. The highest BCUT2D eigenvalue weighted by Gasteiger charge is 2.30. The van der Waals surface area contributed by atoms with Crippen molar-refractivity contribution < 1.29 is 9.59 Å². The number of carbonyl (C=O) groups excluding carboxylic acids is 2. The van der Waals surface area contributed by atoms with Crippen molar-refractivity contribution in [2.24, 2.45) is 5.18 Å². The molecule has 3 aromatic heterocycles. The van der Waals surface area contributed by atoms with Crippen LogP contribution >= 0.6 is 11.3 Å². The highest BCUT2D eigenvalue weighted by atomic mass is 32.1. The summed E-state index contributed by atoms with van der Waals surface area (Å²) in [5.74, 6) is -0.479. The number of nitroso groups, excluding NO2 is 1. The van der Waals surface area contributed by atoms with Crippen LogP contribution in [0.5, 0.6) is 0 Å². The highest BCUT2D eigenvalue weighted by molar-refractivity contribution is 7.12. The van der Waals surface area contributed by atoms with Crippen LogP contribution in [0.1, 0.15) is 29.3 Å². The minimum Gasteiger partial charge on any atom is -0.352 e. The second-order valence-electron chi connectivity index (χ2n) is 6.97. The fourth-order valence-corrected chi connectivity index (χ4v) is 4.03. The van der Waals surface area contributed by atoms with Crippen molar-refractivity contribution in [1.29, 1.82) is 0 Å². The van der Waals surface area contributed by atoms with Gasteiger partial charge in [-0.2, -0.15) is 0 Å². The number of pyridine rings is 2. The summed E-state index contributed by atoms with van der Waals surface area (Å²) in [6, 6.07) is 1.81. The van der Waals surface area contributed by atoms with Gasteiger partial charge in [-0.25, -0.2) is 9.97 Å². The molecule has 11 heteroatoms. The molecule has 0 radical (unpaired) electrons. The van der Waals surface area contributed by atoms with Gasteiger partial charge in [0.2, 0.25) is 11.3 Å². The molecule has 1 fully saturated rings. The maximum atomic E-state index is 12.9. The van der Waals surface area contributed by atoms with E-state index in [0.717, 1.165) is 0 Å². The maximum absolute atomic E-state index is 12.9. The van der Waals surface area contributed by atoms with E-state index < -0.39 is 11.3 Å². The van der Waals surface area contributed by atoms with E-state index >= 15 is 0 Å². The maximum Gasteiger partial charge on any atom is 0.322 e. The molecule has 0 bridgehead atoms. The number of rotatable bonds is 5. The predicted octanol–water partition coefficient (Wildman–Crippen LogP) is 1.77. The first-order valence-electron chi connectivity index (χ1n) is 9.31. The quantitative estimate of drug-likeness (QED) is 0.616. The molecule has 10 nitrogen and oxygen atoms in total. The summed E-state index contributed by atoms with van der Waals surface area (Å²) in [6.07, 6.45) is 3.29. The Balaban J connectivity index is 1.82. The van der Waals surface area contributed by atoms with Gasteiger partial charge in [-0.3, -0.25) is 19.0 Å². The van der Waals surface area contributed by atoms with E-state index in [1.165, 1.54) is 22.1 Å². The molecule has 0 aromatic carbocycles. The van der Waals surface area contributed by atoms with Gasteiger partial charge < -0.3 is 10.2 Å². The molecule has 3 aromatic rings. The van der Waals surface area contributed by atoms with Crippen molar-refractivity contribution in [3.8, 4) is 5.13 Å². The average molecular weight is 426 g/mol. The fraction of sp³-hybridized carbons (Fsp3) is 0.316. The summed E-state index contributed by atoms with van der Waals surface area (Å²) in [5.41, 5.74) is 0.0487. The number of amides is 2. The number of carbonyl (C=O) groups is 2. The van der Waals surface area contributed by atoms with Crippen LogP contribution in [0.3, 0.4) is 0 Å². The molecule has 154 valence electrons. The molecular formula is C19H18N6O4S. The number of hydrogen-bond donors (Lipinski definition) is 1. The summed E-state index contributed by atoms with van der Waals surface area (Å²) < 4.78 is 1.53. The molecule has 0 saturated carbocycles.